The van der Waals surface area contributed by atoms with Crippen molar-refractivity contribution in [3.63, 3.8) is 0 Å². The predicted molar refractivity (Wildman–Crippen MR) is 55.5 cm³/mol. The lowest BCUT2D eigenvalue weighted by atomic mass is 10.1. The lowest BCUT2D eigenvalue weighted by molar-refractivity contribution is -0.605. The van der Waals surface area contributed by atoms with Crippen LogP contribution in [0.3, 0.4) is 0 Å². The van der Waals surface area contributed by atoms with Crippen LogP contribution in [-0.4, -0.2) is 0 Å². The number of hydrogen-bond acceptors (Lipinski definition) is 1. The van der Waals surface area contributed by atoms with Crippen molar-refractivity contribution in [1.29, 1.82) is 0 Å². The summed E-state index contributed by atoms with van der Waals surface area (Å²) in [5, 5.41) is 10.8. The Kier molecular flexibility index (Phi) is 2.37. The van der Waals surface area contributed by atoms with E-state index in [0.29, 0.717) is 10.3 Å². The van der Waals surface area contributed by atoms with E-state index in [2.05, 4.69) is 0 Å². The molecule has 1 aromatic carbocycles. The number of halogens is 1. The molecule has 0 aliphatic carbocycles. The number of aromatic nitrogens is 1. The average Bonchev–Trinajstić information content (AvgIpc) is 2.23. The molecule has 0 spiro atoms. The van der Waals surface area contributed by atoms with Crippen LogP contribution in [0.1, 0.15) is 5.56 Å². The summed E-state index contributed by atoms with van der Waals surface area (Å²) < 4.78 is 14.0. The van der Waals surface area contributed by atoms with Crippen molar-refractivity contribution >= 4 is 0 Å². The van der Waals surface area contributed by atoms with Gasteiger partial charge in [0.05, 0.1) is 0 Å². The fraction of sp³-hybridized carbons (Fsp3) is 0.0833. The molecule has 0 fully saturated rings. The van der Waals surface area contributed by atoms with Crippen LogP contribution in [0.2, 0.25) is 0 Å². The topological polar surface area (TPSA) is 26.9 Å². The molecule has 0 atom stereocenters. The Labute approximate surface area is 87.2 Å². The van der Waals surface area contributed by atoms with Crippen molar-refractivity contribution in [2.75, 3.05) is 0 Å². The normalized spacial score (nSPS) is 10.3. The van der Waals surface area contributed by atoms with Crippen molar-refractivity contribution in [3.05, 3.63) is 59.3 Å². The summed E-state index contributed by atoms with van der Waals surface area (Å²) in [6.45, 7) is 1.72. The molecule has 0 amide bonds. The van der Waals surface area contributed by atoms with E-state index in [0.717, 1.165) is 11.1 Å². The van der Waals surface area contributed by atoms with Gasteiger partial charge in [0.2, 0.25) is 0 Å². The van der Waals surface area contributed by atoms with Gasteiger partial charge in [-0.05, 0) is 29.7 Å². The Balaban J connectivity index is 2.45. The molecule has 2 rings (SSSR count). The smallest absolute Gasteiger partial charge is 0.180 e. The van der Waals surface area contributed by atoms with Crippen molar-refractivity contribution in [2.24, 2.45) is 0 Å². The van der Waals surface area contributed by atoms with Gasteiger partial charge in [-0.3, -0.25) is 0 Å². The highest BCUT2D eigenvalue weighted by Gasteiger charge is 2.02. The molecule has 0 saturated carbocycles. The van der Waals surface area contributed by atoms with E-state index >= 15 is 0 Å². The van der Waals surface area contributed by atoms with Gasteiger partial charge in [0.1, 0.15) is 5.82 Å². The quantitative estimate of drug-likeness (QED) is 0.516. The second-order valence-corrected chi connectivity index (χ2v) is 3.41. The second-order valence-electron chi connectivity index (χ2n) is 3.41. The molecule has 0 bridgehead atoms. The minimum absolute atomic E-state index is 0.230. The van der Waals surface area contributed by atoms with Gasteiger partial charge < -0.3 is 5.21 Å². The maximum Gasteiger partial charge on any atom is 0.180 e. The largest absolute Gasteiger partial charge is 0.619 e. The highest BCUT2D eigenvalue weighted by Crippen LogP contribution is 2.20. The third-order valence-electron chi connectivity index (χ3n) is 2.31. The number of aryl methyl sites for hydroxylation is 1. The highest BCUT2D eigenvalue weighted by atomic mass is 19.1. The molecular weight excluding hydrogens is 193 g/mol. The fourth-order valence-electron chi connectivity index (χ4n) is 1.38. The second kappa shape index (κ2) is 3.69. The number of benzene rings is 1. The van der Waals surface area contributed by atoms with Crippen LogP contribution >= 0.6 is 0 Å². The molecule has 0 saturated heterocycles. The third-order valence-corrected chi connectivity index (χ3v) is 2.31. The molecule has 76 valence electrons. The number of pyridine rings is 1. The van der Waals surface area contributed by atoms with E-state index in [1.807, 2.05) is 6.07 Å². The lowest BCUT2D eigenvalue weighted by Crippen LogP contribution is -2.23. The standard InChI is InChI=1S/C12H10FNO/c1-9-2-3-11(8-12(9)13)10-4-6-14(15)7-5-10/h2-8H,1H3. The van der Waals surface area contributed by atoms with Crippen LogP contribution in [0.4, 0.5) is 4.39 Å². The summed E-state index contributed by atoms with van der Waals surface area (Å²) in [4.78, 5) is 0. The van der Waals surface area contributed by atoms with E-state index in [4.69, 9.17) is 0 Å². The third kappa shape index (κ3) is 1.96. The molecule has 0 aliphatic heterocycles. The van der Waals surface area contributed by atoms with Gasteiger partial charge in [0.25, 0.3) is 0 Å². The first-order valence-corrected chi connectivity index (χ1v) is 4.62. The molecule has 0 radical (unpaired) electrons. The van der Waals surface area contributed by atoms with Crippen LogP contribution in [0, 0.1) is 17.9 Å². The summed E-state index contributed by atoms with van der Waals surface area (Å²) in [5.74, 6) is -0.230. The molecule has 2 aromatic rings. The van der Waals surface area contributed by atoms with Crippen LogP contribution in [0.15, 0.2) is 42.7 Å². The average molecular weight is 203 g/mol. The Morgan fingerprint density at radius 1 is 1.07 bits per heavy atom. The zero-order valence-electron chi connectivity index (χ0n) is 8.27. The molecule has 0 aliphatic rings. The Morgan fingerprint density at radius 2 is 1.73 bits per heavy atom. The summed E-state index contributed by atoms with van der Waals surface area (Å²) in [5.41, 5.74) is 2.23. The summed E-state index contributed by atoms with van der Waals surface area (Å²) in [6, 6.07) is 8.36. The summed E-state index contributed by atoms with van der Waals surface area (Å²) in [7, 11) is 0. The van der Waals surface area contributed by atoms with Gasteiger partial charge >= 0.3 is 0 Å². The Bertz CT molecular complexity index is 479. The fourth-order valence-corrected chi connectivity index (χ4v) is 1.38. The van der Waals surface area contributed by atoms with E-state index < -0.39 is 0 Å². The Hall–Kier alpha value is -1.90. The van der Waals surface area contributed by atoms with E-state index in [1.165, 1.54) is 18.5 Å². The first-order chi connectivity index (χ1) is 7.16. The highest BCUT2D eigenvalue weighted by molar-refractivity contribution is 5.62. The van der Waals surface area contributed by atoms with Crippen LogP contribution in [0.25, 0.3) is 11.1 Å². The first-order valence-electron chi connectivity index (χ1n) is 4.62. The van der Waals surface area contributed by atoms with Crippen LogP contribution < -0.4 is 4.73 Å². The molecule has 2 nitrogen and oxygen atoms in total. The molecule has 0 unspecified atom stereocenters. The molecular formula is C12H10FNO. The molecule has 0 N–H and O–H groups in total. The van der Waals surface area contributed by atoms with Crippen molar-refractivity contribution in [2.45, 2.75) is 6.92 Å². The van der Waals surface area contributed by atoms with Gasteiger partial charge in [0.15, 0.2) is 12.4 Å². The van der Waals surface area contributed by atoms with Gasteiger partial charge in [0, 0.05) is 12.1 Å². The van der Waals surface area contributed by atoms with Gasteiger partial charge in [-0.2, -0.15) is 4.73 Å². The SMILES string of the molecule is Cc1ccc(-c2cc[n+]([O-])cc2)cc1F. The van der Waals surface area contributed by atoms with E-state index in [-0.39, 0.29) is 5.82 Å². The number of hydrogen-bond donors (Lipinski definition) is 0. The van der Waals surface area contributed by atoms with Crippen LogP contribution in [0.5, 0.6) is 0 Å². The Morgan fingerprint density at radius 3 is 2.33 bits per heavy atom. The number of rotatable bonds is 1. The minimum atomic E-state index is -0.230. The minimum Gasteiger partial charge on any atom is -0.619 e. The maximum atomic E-state index is 13.3. The van der Waals surface area contributed by atoms with Gasteiger partial charge in [-0.15, -0.1) is 0 Å². The van der Waals surface area contributed by atoms with Crippen molar-refractivity contribution in [1.82, 2.24) is 0 Å². The summed E-state index contributed by atoms with van der Waals surface area (Å²) in [6.07, 6.45) is 2.79. The zero-order valence-corrected chi connectivity index (χ0v) is 8.27. The molecule has 1 aromatic heterocycles. The zero-order chi connectivity index (χ0) is 10.8. The predicted octanol–water partition coefficient (Wildman–Crippen LogP) is 2.43. The van der Waals surface area contributed by atoms with E-state index in [9.17, 15) is 9.60 Å². The van der Waals surface area contributed by atoms with Crippen LogP contribution in [-0.2, 0) is 0 Å². The van der Waals surface area contributed by atoms with Gasteiger partial charge in [-0.1, -0.05) is 12.1 Å². The van der Waals surface area contributed by atoms with Crippen molar-refractivity contribution < 1.29 is 9.12 Å². The van der Waals surface area contributed by atoms with Crippen molar-refractivity contribution in [3.8, 4) is 11.1 Å². The van der Waals surface area contributed by atoms with Gasteiger partial charge in [-0.25, -0.2) is 4.39 Å². The molecule has 1 heterocycles. The first kappa shape index (κ1) is 9.65. The maximum absolute atomic E-state index is 13.3. The molecule has 15 heavy (non-hydrogen) atoms. The molecule has 3 heteroatoms. The summed E-state index contributed by atoms with van der Waals surface area (Å²) >= 11 is 0. The monoisotopic (exact) mass is 203 g/mol. The number of nitrogens with zero attached hydrogens (tertiary/aromatic N) is 1. The van der Waals surface area contributed by atoms with E-state index in [1.54, 1.807) is 25.1 Å². The lowest BCUT2D eigenvalue weighted by Gasteiger charge is -2.03.